The number of rotatable bonds is 5. The van der Waals surface area contributed by atoms with Gasteiger partial charge in [-0.25, -0.2) is 9.78 Å². The average molecular weight is 275 g/mol. The van der Waals surface area contributed by atoms with Crippen molar-refractivity contribution in [1.82, 2.24) is 15.6 Å². The predicted molar refractivity (Wildman–Crippen MR) is 77.2 cm³/mol. The molecule has 0 saturated carbocycles. The van der Waals surface area contributed by atoms with Gasteiger partial charge in [0.25, 0.3) is 0 Å². The summed E-state index contributed by atoms with van der Waals surface area (Å²) >= 11 is 1.56. The molecule has 2 rings (SSSR count). The number of aromatic nitrogens is 1. The molecule has 2 aromatic rings. The van der Waals surface area contributed by atoms with Gasteiger partial charge in [-0.15, -0.1) is 11.3 Å². The third-order valence-corrected chi connectivity index (χ3v) is 3.58. The van der Waals surface area contributed by atoms with Gasteiger partial charge in [0.1, 0.15) is 5.01 Å². The maximum atomic E-state index is 11.6. The van der Waals surface area contributed by atoms with Crippen molar-refractivity contribution in [2.45, 2.75) is 19.9 Å². The lowest BCUT2D eigenvalue weighted by molar-refractivity contribution is 0.240. The van der Waals surface area contributed by atoms with E-state index in [9.17, 15) is 4.79 Å². The van der Waals surface area contributed by atoms with Crippen LogP contribution in [0.15, 0.2) is 35.7 Å². The zero-order valence-corrected chi connectivity index (χ0v) is 11.7. The molecular weight excluding hydrogens is 258 g/mol. The van der Waals surface area contributed by atoms with Crippen molar-refractivity contribution in [3.8, 4) is 0 Å². The number of hydrogen-bond donors (Lipinski definition) is 2. The van der Waals surface area contributed by atoms with E-state index >= 15 is 0 Å². The van der Waals surface area contributed by atoms with Crippen molar-refractivity contribution in [3.63, 3.8) is 0 Å². The quantitative estimate of drug-likeness (QED) is 0.881. The highest BCUT2D eigenvalue weighted by atomic mass is 32.1. The molecule has 2 N–H and O–H groups in total. The second-order valence-corrected chi connectivity index (χ2v) is 5.17. The zero-order valence-electron chi connectivity index (χ0n) is 10.8. The van der Waals surface area contributed by atoms with E-state index in [-0.39, 0.29) is 6.03 Å². The van der Waals surface area contributed by atoms with Crippen LogP contribution in [0.25, 0.3) is 0 Å². The summed E-state index contributed by atoms with van der Waals surface area (Å²) in [5, 5.41) is 8.53. The van der Waals surface area contributed by atoms with Gasteiger partial charge in [-0.1, -0.05) is 30.3 Å². The van der Waals surface area contributed by atoms with E-state index in [0.717, 1.165) is 17.1 Å². The predicted octanol–water partition coefficient (Wildman–Crippen LogP) is 2.49. The maximum Gasteiger partial charge on any atom is 0.315 e. The highest BCUT2D eigenvalue weighted by Crippen LogP contribution is 2.07. The molecule has 1 heterocycles. The lowest BCUT2D eigenvalue weighted by atomic mass is 10.1. The summed E-state index contributed by atoms with van der Waals surface area (Å²) < 4.78 is 0. The first kappa shape index (κ1) is 13.5. The van der Waals surface area contributed by atoms with Crippen LogP contribution in [0.3, 0.4) is 0 Å². The molecule has 2 amide bonds. The van der Waals surface area contributed by atoms with Gasteiger partial charge in [0.15, 0.2) is 0 Å². The third-order valence-electron chi connectivity index (χ3n) is 2.61. The molecule has 1 aromatic heterocycles. The van der Waals surface area contributed by atoms with Gasteiger partial charge in [-0.3, -0.25) is 0 Å². The Hall–Kier alpha value is -1.88. The van der Waals surface area contributed by atoms with Crippen LogP contribution < -0.4 is 10.6 Å². The van der Waals surface area contributed by atoms with Gasteiger partial charge in [0.05, 0.1) is 6.54 Å². The number of amides is 2. The SMILES string of the molecule is Cc1csc(CNC(=O)NCCc2ccccc2)n1. The van der Waals surface area contributed by atoms with Crippen LogP contribution in [0, 0.1) is 6.92 Å². The van der Waals surface area contributed by atoms with Crippen LogP contribution in [0.5, 0.6) is 0 Å². The Labute approximate surface area is 116 Å². The van der Waals surface area contributed by atoms with Crippen molar-refractivity contribution >= 4 is 17.4 Å². The largest absolute Gasteiger partial charge is 0.338 e. The van der Waals surface area contributed by atoms with Crippen LogP contribution in [0.2, 0.25) is 0 Å². The summed E-state index contributed by atoms with van der Waals surface area (Å²) in [5.41, 5.74) is 2.21. The summed E-state index contributed by atoms with van der Waals surface area (Å²) in [6, 6.07) is 9.94. The Morgan fingerprint density at radius 3 is 2.74 bits per heavy atom. The van der Waals surface area contributed by atoms with Crippen LogP contribution in [-0.2, 0) is 13.0 Å². The van der Waals surface area contributed by atoms with Gasteiger partial charge < -0.3 is 10.6 Å². The first-order chi connectivity index (χ1) is 9.24. The lowest BCUT2D eigenvalue weighted by Crippen LogP contribution is -2.36. The first-order valence-electron chi connectivity index (χ1n) is 6.20. The highest BCUT2D eigenvalue weighted by molar-refractivity contribution is 7.09. The number of hydrogen-bond acceptors (Lipinski definition) is 3. The van der Waals surface area contributed by atoms with E-state index in [1.165, 1.54) is 5.56 Å². The Morgan fingerprint density at radius 2 is 2.05 bits per heavy atom. The number of nitrogens with zero attached hydrogens (tertiary/aromatic N) is 1. The molecule has 1 aromatic carbocycles. The fraction of sp³-hybridized carbons (Fsp3) is 0.286. The van der Waals surface area contributed by atoms with Gasteiger partial charge in [0.2, 0.25) is 0 Å². The number of nitrogens with one attached hydrogen (secondary N) is 2. The van der Waals surface area contributed by atoms with Crippen molar-refractivity contribution in [2.75, 3.05) is 6.54 Å². The molecule has 0 fully saturated rings. The maximum absolute atomic E-state index is 11.6. The zero-order chi connectivity index (χ0) is 13.5. The smallest absolute Gasteiger partial charge is 0.315 e. The molecule has 4 nitrogen and oxygen atoms in total. The molecule has 19 heavy (non-hydrogen) atoms. The molecule has 0 spiro atoms. The second kappa shape index (κ2) is 6.89. The minimum atomic E-state index is -0.149. The number of carbonyl (C=O) groups excluding carboxylic acids is 1. The fourth-order valence-electron chi connectivity index (χ4n) is 1.67. The molecule has 0 aliphatic heterocycles. The first-order valence-corrected chi connectivity index (χ1v) is 7.08. The van der Waals surface area contributed by atoms with Gasteiger partial charge in [-0.05, 0) is 18.9 Å². The Balaban J connectivity index is 1.65. The Morgan fingerprint density at radius 1 is 1.26 bits per heavy atom. The molecule has 0 saturated heterocycles. The van der Waals surface area contributed by atoms with Crippen LogP contribution in [0.1, 0.15) is 16.3 Å². The molecule has 0 aliphatic carbocycles. The van der Waals surface area contributed by atoms with Gasteiger partial charge >= 0.3 is 6.03 Å². The average Bonchev–Trinajstić information content (AvgIpc) is 2.83. The monoisotopic (exact) mass is 275 g/mol. The van der Waals surface area contributed by atoms with Crippen LogP contribution >= 0.6 is 11.3 Å². The van der Waals surface area contributed by atoms with E-state index < -0.39 is 0 Å². The van der Waals surface area contributed by atoms with E-state index in [0.29, 0.717) is 13.1 Å². The molecule has 0 bridgehead atoms. The van der Waals surface area contributed by atoms with Crippen LogP contribution in [0.4, 0.5) is 4.79 Å². The van der Waals surface area contributed by atoms with Gasteiger partial charge in [0, 0.05) is 17.6 Å². The second-order valence-electron chi connectivity index (χ2n) is 4.23. The molecule has 100 valence electrons. The standard InChI is InChI=1S/C14H17N3OS/c1-11-10-19-13(17-11)9-16-14(18)15-8-7-12-5-3-2-4-6-12/h2-6,10H,7-9H2,1H3,(H2,15,16,18). The van der Waals surface area contributed by atoms with Crippen LogP contribution in [-0.4, -0.2) is 17.6 Å². The van der Waals surface area contributed by atoms with E-state index in [1.54, 1.807) is 11.3 Å². The van der Waals surface area contributed by atoms with E-state index in [4.69, 9.17) is 0 Å². The van der Waals surface area contributed by atoms with Crippen molar-refractivity contribution in [1.29, 1.82) is 0 Å². The van der Waals surface area contributed by atoms with E-state index in [2.05, 4.69) is 27.8 Å². The summed E-state index contributed by atoms with van der Waals surface area (Å²) in [7, 11) is 0. The highest BCUT2D eigenvalue weighted by Gasteiger charge is 2.02. The van der Waals surface area contributed by atoms with Crippen molar-refractivity contribution in [2.24, 2.45) is 0 Å². The molecule has 5 heteroatoms. The number of carbonyl (C=O) groups is 1. The Bertz CT molecular complexity index is 524. The van der Waals surface area contributed by atoms with E-state index in [1.807, 2.05) is 30.5 Å². The fourth-order valence-corrected chi connectivity index (χ4v) is 2.38. The lowest BCUT2D eigenvalue weighted by Gasteiger charge is -2.06. The summed E-state index contributed by atoms with van der Waals surface area (Å²) in [5.74, 6) is 0. The van der Waals surface area contributed by atoms with Crippen molar-refractivity contribution in [3.05, 3.63) is 52.0 Å². The van der Waals surface area contributed by atoms with Crippen molar-refractivity contribution < 1.29 is 4.79 Å². The summed E-state index contributed by atoms with van der Waals surface area (Å²) in [4.78, 5) is 15.9. The number of benzene rings is 1. The molecule has 0 atom stereocenters. The molecular formula is C14H17N3OS. The summed E-state index contributed by atoms with van der Waals surface area (Å²) in [6.07, 6.45) is 0.838. The number of thiazole rings is 1. The topological polar surface area (TPSA) is 54.0 Å². The molecule has 0 unspecified atom stereocenters. The normalized spacial score (nSPS) is 10.2. The molecule has 0 aliphatic rings. The molecule has 0 radical (unpaired) electrons. The summed E-state index contributed by atoms with van der Waals surface area (Å²) in [6.45, 7) is 3.06. The minimum absolute atomic E-state index is 0.149. The van der Waals surface area contributed by atoms with Gasteiger partial charge in [-0.2, -0.15) is 0 Å². The minimum Gasteiger partial charge on any atom is -0.338 e. The number of urea groups is 1. The number of aryl methyl sites for hydroxylation is 1. The Kier molecular flexibility index (Phi) is 4.92. The third kappa shape index (κ3) is 4.71.